The summed E-state index contributed by atoms with van der Waals surface area (Å²) in [6.45, 7) is 3.73. The first-order valence-corrected chi connectivity index (χ1v) is 6.32. The fourth-order valence-electron chi connectivity index (χ4n) is 1.44. The summed E-state index contributed by atoms with van der Waals surface area (Å²) in [5, 5.41) is 5.47. The van der Waals surface area contributed by atoms with Gasteiger partial charge in [-0.2, -0.15) is 0 Å². The second-order valence-corrected chi connectivity index (χ2v) is 4.94. The third-order valence-corrected chi connectivity index (χ3v) is 3.06. The van der Waals surface area contributed by atoms with Crippen molar-refractivity contribution in [3.63, 3.8) is 0 Å². The van der Waals surface area contributed by atoms with Gasteiger partial charge in [0.25, 0.3) is 5.91 Å². The second kappa shape index (κ2) is 8.09. The van der Waals surface area contributed by atoms with Gasteiger partial charge in [-0.1, -0.05) is 25.4 Å². The lowest BCUT2D eigenvalue weighted by atomic mass is 10.0. The predicted octanol–water partition coefficient (Wildman–Crippen LogP) is 2.04. The molecule has 0 aliphatic heterocycles. The van der Waals surface area contributed by atoms with E-state index in [0.29, 0.717) is 16.3 Å². The van der Waals surface area contributed by atoms with Crippen molar-refractivity contribution in [2.24, 2.45) is 11.7 Å². The molecule has 1 atom stereocenters. The third-order valence-electron chi connectivity index (χ3n) is 2.73. The molecule has 0 unspecified atom stereocenters. The van der Waals surface area contributed by atoms with Crippen LogP contribution in [0.5, 0.6) is 0 Å². The largest absolute Gasteiger partial charge is 0.355 e. The highest BCUT2D eigenvalue weighted by molar-refractivity contribution is 6.34. The molecule has 0 heterocycles. The molecule has 0 fully saturated rings. The van der Waals surface area contributed by atoms with Gasteiger partial charge in [-0.05, 0) is 24.1 Å². The molecule has 1 aromatic rings. The Morgan fingerprint density at radius 2 is 1.90 bits per heavy atom. The minimum Gasteiger partial charge on any atom is -0.355 e. The lowest BCUT2D eigenvalue weighted by molar-refractivity contribution is -0.118. The number of benzene rings is 1. The molecule has 1 aromatic carbocycles. The van der Waals surface area contributed by atoms with Crippen LogP contribution in [-0.4, -0.2) is 24.9 Å². The zero-order chi connectivity index (χ0) is 14.6. The molecule has 4 N–H and O–H groups in total. The molecule has 2 amide bonds. The molecular formula is C13H19Cl2N3O2. The molecule has 0 saturated heterocycles. The Bertz CT molecular complexity index is 493. The Labute approximate surface area is 129 Å². The van der Waals surface area contributed by atoms with E-state index in [-0.39, 0.29) is 30.1 Å². The molecule has 0 aliphatic carbocycles. The van der Waals surface area contributed by atoms with E-state index in [2.05, 4.69) is 10.6 Å². The van der Waals surface area contributed by atoms with Crippen LogP contribution in [0.15, 0.2) is 18.2 Å². The maximum Gasteiger partial charge on any atom is 0.252 e. The zero-order valence-corrected chi connectivity index (χ0v) is 13.1. The first kappa shape index (κ1) is 18.7. The first-order valence-electron chi connectivity index (χ1n) is 5.95. The van der Waals surface area contributed by atoms with Crippen LogP contribution >= 0.6 is 24.0 Å². The molecule has 0 bridgehead atoms. The number of amides is 2. The Morgan fingerprint density at radius 1 is 1.30 bits per heavy atom. The third kappa shape index (κ3) is 4.67. The quantitative estimate of drug-likeness (QED) is 0.794. The minimum absolute atomic E-state index is 0. The highest BCUT2D eigenvalue weighted by Crippen LogP contribution is 2.20. The highest BCUT2D eigenvalue weighted by atomic mass is 35.5. The Morgan fingerprint density at radius 3 is 2.40 bits per heavy atom. The SMILES string of the molecule is CNC(=O)c1cc(NC(=O)[C@H](N)C(C)C)ccc1Cl.Cl. The van der Waals surface area contributed by atoms with Gasteiger partial charge in [-0.3, -0.25) is 9.59 Å². The monoisotopic (exact) mass is 319 g/mol. The number of halogens is 2. The van der Waals surface area contributed by atoms with Crippen molar-refractivity contribution in [1.82, 2.24) is 5.32 Å². The topological polar surface area (TPSA) is 84.2 Å². The van der Waals surface area contributed by atoms with Crippen LogP contribution in [0.4, 0.5) is 5.69 Å². The smallest absolute Gasteiger partial charge is 0.252 e. The summed E-state index contributed by atoms with van der Waals surface area (Å²) in [7, 11) is 1.51. The maximum absolute atomic E-state index is 11.8. The molecular weight excluding hydrogens is 301 g/mol. The number of anilines is 1. The van der Waals surface area contributed by atoms with Crippen molar-refractivity contribution in [1.29, 1.82) is 0 Å². The molecule has 20 heavy (non-hydrogen) atoms. The van der Waals surface area contributed by atoms with E-state index in [1.165, 1.54) is 13.1 Å². The van der Waals surface area contributed by atoms with E-state index >= 15 is 0 Å². The van der Waals surface area contributed by atoms with Gasteiger partial charge in [0.1, 0.15) is 0 Å². The standard InChI is InChI=1S/C13H18ClN3O2.ClH/c1-7(2)11(15)13(19)17-8-4-5-10(14)9(6-8)12(18)16-3;/h4-7,11H,15H2,1-3H3,(H,16,18)(H,17,19);1H/t11-;/m1./s1. The summed E-state index contributed by atoms with van der Waals surface area (Å²) >= 11 is 5.92. The Kier molecular flexibility index (Phi) is 7.57. The number of nitrogens with one attached hydrogen (secondary N) is 2. The van der Waals surface area contributed by atoms with E-state index in [1.54, 1.807) is 12.1 Å². The average Bonchev–Trinajstić information content (AvgIpc) is 2.38. The lowest BCUT2D eigenvalue weighted by Gasteiger charge is -2.16. The van der Waals surface area contributed by atoms with E-state index in [9.17, 15) is 9.59 Å². The Hall–Kier alpha value is -1.30. The van der Waals surface area contributed by atoms with Crippen LogP contribution in [0.2, 0.25) is 5.02 Å². The fourth-order valence-corrected chi connectivity index (χ4v) is 1.64. The van der Waals surface area contributed by atoms with Gasteiger partial charge >= 0.3 is 0 Å². The molecule has 0 spiro atoms. The summed E-state index contributed by atoms with van der Waals surface area (Å²) in [6.07, 6.45) is 0. The maximum atomic E-state index is 11.8. The van der Waals surface area contributed by atoms with Crippen molar-refractivity contribution < 1.29 is 9.59 Å². The summed E-state index contributed by atoms with van der Waals surface area (Å²) in [5.41, 5.74) is 6.54. The summed E-state index contributed by atoms with van der Waals surface area (Å²) < 4.78 is 0. The second-order valence-electron chi connectivity index (χ2n) is 4.53. The van der Waals surface area contributed by atoms with Crippen molar-refractivity contribution in [2.45, 2.75) is 19.9 Å². The van der Waals surface area contributed by atoms with E-state index in [4.69, 9.17) is 17.3 Å². The number of rotatable bonds is 4. The van der Waals surface area contributed by atoms with Crippen LogP contribution in [-0.2, 0) is 4.79 Å². The van der Waals surface area contributed by atoms with E-state index in [1.807, 2.05) is 13.8 Å². The summed E-state index contributed by atoms with van der Waals surface area (Å²) in [5.74, 6) is -0.569. The van der Waals surface area contributed by atoms with Crippen LogP contribution in [0.3, 0.4) is 0 Å². The van der Waals surface area contributed by atoms with Crippen molar-refractivity contribution in [2.75, 3.05) is 12.4 Å². The number of nitrogens with two attached hydrogens (primary N) is 1. The van der Waals surface area contributed by atoms with Gasteiger partial charge in [0, 0.05) is 12.7 Å². The summed E-state index contributed by atoms with van der Waals surface area (Å²) in [4.78, 5) is 23.4. The van der Waals surface area contributed by atoms with Gasteiger partial charge in [-0.15, -0.1) is 12.4 Å². The highest BCUT2D eigenvalue weighted by Gasteiger charge is 2.18. The van der Waals surface area contributed by atoms with Gasteiger partial charge in [0.15, 0.2) is 0 Å². The molecule has 112 valence electrons. The van der Waals surface area contributed by atoms with Crippen LogP contribution in [0, 0.1) is 5.92 Å². The van der Waals surface area contributed by atoms with Crippen molar-refractivity contribution in [3.8, 4) is 0 Å². The molecule has 0 aliphatic rings. The number of hydrogen-bond acceptors (Lipinski definition) is 3. The van der Waals surface area contributed by atoms with Crippen LogP contribution in [0.1, 0.15) is 24.2 Å². The van der Waals surface area contributed by atoms with Gasteiger partial charge in [-0.25, -0.2) is 0 Å². The number of hydrogen-bond donors (Lipinski definition) is 3. The normalized spacial score (nSPS) is 11.5. The molecule has 7 heteroatoms. The number of carbonyl (C=O) groups is 2. The van der Waals surface area contributed by atoms with Crippen LogP contribution in [0.25, 0.3) is 0 Å². The average molecular weight is 320 g/mol. The zero-order valence-electron chi connectivity index (χ0n) is 11.6. The predicted molar refractivity (Wildman–Crippen MR) is 83.5 cm³/mol. The molecule has 0 saturated carbocycles. The molecule has 0 aromatic heterocycles. The van der Waals surface area contributed by atoms with Gasteiger partial charge < -0.3 is 16.4 Å². The van der Waals surface area contributed by atoms with Crippen LogP contribution < -0.4 is 16.4 Å². The Balaban J connectivity index is 0.00000361. The first-order chi connectivity index (χ1) is 8.86. The lowest BCUT2D eigenvalue weighted by Crippen LogP contribution is -2.39. The molecule has 1 rings (SSSR count). The molecule has 5 nitrogen and oxygen atoms in total. The van der Waals surface area contributed by atoms with E-state index in [0.717, 1.165) is 0 Å². The van der Waals surface area contributed by atoms with Crippen molar-refractivity contribution >= 4 is 41.5 Å². The fraction of sp³-hybridized carbons (Fsp3) is 0.385. The van der Waals surface area contributed by atoms with Gasteiger partial charge in [0.2, 0.25) is 5.91 Å². The van der Waals surface area contributed by atoms with Gasteiger partial charge in [0.05, 0.1) is 16.6 Å². The number of carbonyl (C=O) groups excluding carboxylic acids is 2. The summed E-state index contributed by atoms with van der Waals surface area (Å²) in [6, 6.07) is 4.10. The minimum atomic E-state index is -0.598. The van der Waals surface area contributed by atoms with Crippen molar-refractivity contribution in [3.05, 3.63) is 28.8 Å². The van der Waals surface area contributed by atoms with E-state index < -0.39 is 6.04 Å². The molecule has 0 radical (unpaired) electrons.